The molecule has 0 fully saturated rings. The number of fused-ring (bicyclic) bond motifs is 1. The highest BCUT2D eigenvalue weighted by Gasteiger charge is 2.21. The fourth-order valence-corrected chi connectivity index (χ4v) is 3.28. The standard InChI is InChI=1S/C17H22N6/c1-22-9-7-19-16(22)12-23-8-5-14-13(11-23)10-20-17(21-14)15-4-2-3-6-18-15/h7,9-10H,2-6,8,11-12H2,1H3. The van der Waals surface area contributed by atoms with Crippen LogP contribution in [0.4, 0.5) is 0 Å². The van der Waals surface area contributed by atoms with Crippen LogP contribution >= 0.6 is 0 Å². The quantitative estimate of drug-likeness (QED) is 0.866. The summed E-state index contributed by atoms with van der Waals surface area (Å²) >= 11 is 0. The second-order valence-corrected chi connectivity index (χ2v) is 6.37. The van der Waals surface area contributed by atoms with Crippen molar-refractivity contribution >= 4 is 5.71 Å². The molecule has 6 nitrogen and oxygen atoms in total. The van der Waals surface area contributed by atoms with Gasteiger partial charge in [-0.3, -0.25) is 9.89 Å². The van der Waals surface area contributed by atoms with E-state index < -0.39 is 0 Å². The van der Waals surface area contributed by atoms with Crippen LogP contribution in [0.1, 0.15) is 42.2 Å². The third kappa shape index (κ3) is 3.03. The zero-order valence-electron chi connectivity index (χ0n) is 13.6. The topological polar surface area (TPSA) is 59.2 Å². The Labute approximate surface area is 136 Å². The first-order valence-electron chi connectivity index (χ1n) is 8.36. The maximum Gasteiger partial charge on any atom is 0.173 e. The van der Waals surface area contributed by atoms with E-state index >= 15 is 0 Å². The lowest BCUT2D eigenvalue weighted by Gasteiger charge is -2.27. The van der Waals surface area contributed by atoms with Crippen molar-refractivity contribution in [1.82, 2.24) is 24.4 Å². The number of rotatable bonds is 3. The minimum Gasteiger partial charge on any atom is -0.337 e. The summed E-state index contributed by atoms with van der Waals surface area (Å²) in [6.45, 7) is 3.71. The van der Waals surface area contributed by atoms with Gasteiger partial charge in [0.2, 0.25) is 0 Å². The average molecular weight is 310 g/mol. The number of aromatic nitrogens is 4. The monoisotopic (exact) mass is 310 g/mol. The Morgan fingerprint density at radius 1 is 1.17 bits per heavy atom. The van der Waals surface area contributed by atoms with Gasteiger partial charge in [0.1, 0.15) is 5.82 Å². The van der Waals surface area contributed by atoms with E-state index in [1.165, 1.54) is 24.1 Å². The molecule has 2 aromatic rings. The molecule has 0 bridgehead atoms. The van der Waals surface area contributed by atoms with Crippen LogP contribution in [0.5, 0.6) is 0 Å². The molecule has 0 aliphatic carbocycles. The molecule has 0 N–H and O–H groups in total. The average Bonchev–Trinajstić information content (AvgIpc) is 3.00. The number of aliphatic imine (C=N–C) groups is 1. The van der Waals surface area contributed by atoms with Crippen molar-refractivity contribution in [3.8, 4) is 0 Å². The summed E-state index contributed by atoms with van der Waals surface area (Å²) in [4.78, 5) is 20.8. The minimum atomic E-state index is 0.848. The van der Waals surface area contributed by atoms with Crippen LogP contribution in [-0.4, -0.2) is 43.2 Å². The molecule has 0 saturated carbocycles. The van der Waals surface area contributed by atoms with E-state index in [9.17, 15) is 0 Å². The van der Waals surface area contributed by atoms with Gasteiger partial charge >= 0.3 is 0 Å². The molecule has 23 heavy (non-hydrogen) atoms. The van der Waals surface area contributed by atoms with Crippen molar-refractivity contribution in [2.24, 2.45) is 12.0 Å². The number of imidazole rings is 1. The van der Waals surface area contributed by atoms with E-state index in [0.717, 1.165) is 56.4 Å². The predicted molar refractivity (Wildman–Crippen MR) is 88.3 cm³/mol. The summed E-state index contributed by atoms with van der Waals surface area (Å²) in [5, 5.41) is 0. The van der Waals surface area contributed by atoms with E-state index in [-0.39, 0.29) is 0 Å². The van der Waals surface area contributed by atoms with E-state index in [1.807, 2.05) is 25.6 Å². The normalized spacial score (nSPS) is 18.6. The zero-order valence-corrected chi connectivity index (χ0v) is 13.6. The molecule has 120 valence electrons. The van der Waals surface area contributed by atoms with Crippen LogP contribution in [0.15, 0.2) is 23.6 Å². The van der Waals surface area contributed by atoms with Crippen LogP contribution in [-0.2, 0) is 26.6 Å². The Kier molecular flexibility index (Phi) is 3.91. The largest absolute Gasteiger partial charge is 0.337 e. The van der Waals surface area contributed by atoms with E-state index in [2.05, 4.69) is 24.4 Å². The van der Waals surface area contributed by atoms with Crippen molar-refractivity contribution < 1.29 is 0 Å². The Morgan fingerprint density at radius 3 is 2.91 bits per heavy atom. The van der Waals surface area contributed by atoms with E-state index in [0.29, 0.717) is 0 Å². The fourth-order valence-electron chi connectivity index (χ4n) is 3.28. The number of hydrogen-bond donors (Lipinski definition) is 0. The lowest BCUT2D eigenvalue weighted by molar-refractivity contribution is 0.234. The van der Waals surface area contributed by atoms with Gasteiger partial charge in [0.25, 0.3) is 0 Å². The Hall–Kier alpha value is -2.08. The summed E-state index contributed by atoms with van der Waals surface area (Å²) in [7, 11) is 2.04. The van der Waals surface area contributed by atoms with Crippen molar-refractivity contribution in [3.63, 3.8) is 0 Å². The summed E-state index contributed by atoms with van der Waals surface area (Å²) in [5.74, 6) is 1.95. The van der Waals surface area contributed by atoms with Gasteiger partial charge in [-0.2, -0.15) is 0 Å². The van der Waals surface area contributed by atoms with Gasteiger partial charge in [0, 0.05) is 57.3 Å². The SMILES string of the molecule is Cn1ccnc1CN1CCc2nc(C3=NCCCC3)ncc2C1. The molecule has 0 spiro atoms. The highest BCUT2D eigenvalue weighted by Crippen LogP contribution is 2.19. The molecule has 4 rings (SSSR count). The second-order valence-electron chi connectivity index (χ2n) is 6.37. The second kappa shape index (κ2) is 6.20. The van der Waals surface area contributed by atoms with Crippen molar-refractivity contribution in [1.29, 1.82) is 0 Å². The minimum absolute atomic E-state index is 0.848. The third-order valence-corrected chi connectivity index (χ3v) is 4.68. The van der Waals surface area contributed by atoms with Gasteiger partial charge in [0.05, 0.1) is 18.0 Å². The van der Waals surface area contributed by atoms with Gasteiger partial charge in [-0.05, 0) is 19.3 Å². The van der Waals surface area contributed by atoms with Gasteiger partial charge in [-0.15, -0.1) is 0 Å². The Bertz CT molecular complexity index is 732. The van der Waals surface area contributed by atoms with E-state index in [4.69, 9.17) is 4.98 Å². The third-order valence-electron chi connectivity index (χ3n) is 4.68. The molecular weight excluding hydrogens is 288 g/mol. The van der Waals surface area contributed by atoms with Gasteiger partial charge in [0.15, 0.2) is 5.82 Å². The molecule has 0 radical (unpaired) electrons. The number of hydrogen-bond acceptors (Lipinski definition) is 5. The molecule has 2 aliphatic rings. The molecule has 2 aromatic heterocycles. The summed E-state index contributed by atoms with van der Waals surface area (Å²) in [6, 6.07) is 0. The van der Waals surface area contributed by atoms with Crippen molar-refractivity contribution in [2.45, 2.75) is 38.8 Å². The molecule has 0 unspecified atom stereocenters. The van der Waals surface area contributed by atoms with Crippen LogP contribution in [0.2, 0.25) is 0 Å². The zero-order chi connectivity index (χ0) is 15.6. The van der Waals surface area contributed by atoms with Crippen molar-refractivity contribution in [2.75, 3.05) is 13.1 Å². The highest BCUT2D eigenvalue weighted by atomic mass is 15.2. The van der Waals surface area contributed by atoms with Gasteiger partial charge < -0.3 is 4.57 Å². The first kappa shape index (κ1) is 14.5. The van der Waals surface area contributed by atoms with Crippen LogP contribution in [0, 0.1) is 0 Å². The van der Waals surface area contributed by atoms with Gasteiger partial charge in [-0.25, -0.2) is 15.0 Å². The molecule has 6 heteroatoms. The summed E-state index contributed by atoms with van der Waals surface area (Å²) in [5.41, 5.74) is 3.53. The Morgan fingerprint density at radius 2 is 2.13 bits per heavy atom. The lowest BCUT2D eigenvalue weighted by atomic mass is 10.1. The predicted octanol–water partition coefficient (Wildman–Crippen LogP) is 1.74. The first-order chi connectivity index (χ1) is 11.3. The molecular formula is C17H22N6. The lowest BCUT2D eigenvalue weighted by Crippen LogP contribution is -2.32. The molecule has 0 amide bonds. The maximum atomic E-state index is 4.80. The first-order valence-corrected chi connectivity index (χ1v) is 8.36. The molecule has 4 heterocycles. The van der Waals surface area contributed by atoms with Crippen LogP contribution < -0.4 is 0 Å². The smallest absolute Gasteiger partial charge is 0.173 e. The Balaban J connectivity index is 1.50. The maximum absolute atomic E-state index is 4.80. The molecule has 0 atom stereocenters. The van der Waals surface area contributed by atoms with Gasteiger partial charge in [-0.1, -0.05) is 0 Å². The molecule has 0 aromatic carbocycles. The number of nitrogens with zero attached hydrogens (tertiary/aromatic N) is 6. The highest BCUT2D eigenvalue weighted by molar-refractivity contribution is 5.97. The molecule has 2 aliphatic heterocycles. The number of aryl methyl sites for hydroxylation is 1. The summed E-state index contributed by atoms with van der Waals surface area (Å²) in [6.07, 6.45) is 10.2. The molecule has 0 saturated heterocycles. The summed E-state index contributed by atoms with van der Waals surface area (Å²) < 4.78 is 2.08. The van der Waals surface area contributed by atoms with Crippen molar-refractivity contribution in [3.05, 3.63) is 41.5 Å². The fraction of sp³-hybridized carbons (Fsp3) is 0.529. The van der Waals surface area contributed by atoms with E-state index in [1.54, 1.807) is 0 Å². The van der Waals surface area contributed by atoms with Crippen LogP contribution in [0.3, 0.4) is 0 Å². The van der Waals surface area contributed by atoms with Crippen LogP contribution in [0.25, 0.3) is 0 Å².